The number of nitro groups is 1. The van der Waals surface area contributed by atoms with Crippen molar-refractivity contribution in [3.8, 4) is 11.4 Å². The summed E-state index contributed by atoms with van der Waals surface area (Å²) in [6.07, 6.45) is 1.36. The van der Waals surface area contributed by atoms with Gasteiger partial charge < -0.3 is 4.90 Å². The molecule has 35 heavy (non-hydrogen) atoms. The topological polar surface area (TPSA) is 129 Å². The maximum absolute atomic E-state index is 12.2. The molecule has 0 aliphatic rings. The zero-order valence-corrected chi connectivity index (χ0v) is 20.4. The lowest BCUT2D eigenvalue weighted by molar-refractivity contribution is -0.384. The monoisotopic (exact) mass is 477 g/mol. The zero-order chi connectivity index (χ0) is 25.4. The van der Waals surface area contributed by atoms with Crippen molar-refractivity contribution in [1.82, 2.24) is 20.6 Å². The quantitative estimate of drug-likeness (QED) is 0.242. The van der Waals surface area contributed by atoms with Gasteiger partial charge in [-0.3, -0.25) is 20.0 Å². The minimum Gasteiger partial charge on any atom is -0.365 e. The second-order valence-electron chi connectivity index (χ2n) is 9.14. The van der Waals surface area contributed by atoms with Crippen molar-refractivity contribution in [3.63, 3.8) is 0 Å². The van der Waals surface area contributed by atoms with Crippen molar-refractivity contribution in [2.75, 3.05) is 18.0 Å². The highest BCUT2D eigenvalue weighted by Crippen LogP contribution is 2.30. The molecule has 0 saturated carbocycles. The summed E-state index contributed by atoms with van der Waals surface area (Å²) in [7, 11) is 0. The molecule has 0 radical (unpaired) electrons. The van der Waals surface area contributed by atoms with Crippen LogP contribution in [0.15, 0.2) is 53.6 Å². The molecule has 1 aromatic heterocycles. The lowest BCUT2D eigenvalue weighted by Gasteiger charge is -2.28. The molecule has 10 nitrogen and oxygen atoms in total. The Morgan fingerprint density at radius 3 is 2.46 bits per heavy atom. The second-order valence-corrected chi connectivity index (χ2v) is 9.14. The first-order chi connectivity index (χ1) is 16.7. The Labute approximate surface area is 204 Å². The highest BCUT2D eigenvalue weighted by molar-refractivity contribution is 5.85. The number of H-pyrrole nitrogens is 1. The fourth-order valence-corrected chi connectivity index (χ4v) is 3.65. The molecule has 0 aliphatic heterocycles. The van der Waals surface area contributed by atoms with Crippen LogP contribution in [0.4, 0.5) is 11.4 Å². The van der Waals surface area contributed by atoms with Gasteiger partial charge in [-0.15, -0.1) is 0 Å². The van der Waals surface area contributed by atoms with E-state index in [-0.39, 0.29) is 22.9 Å². The smallest absolute Gasteiger partial charge is 0.293 e. The summed E-state index contributed by atoms with van der Waals surface area (Å²) < 4.78 is 0. The van der Waals surface area contributed by atoms with E-state index < -0.39 is 0 Å². The maximum Gasteiger partial charge on any atom is 0.293 e. The van der Waals surface area contributed by atoms with Gasteiger partial charge in [0.2, 0.25) is 5.91 Å². The van der Waals surface area contributed by atoms with Crippen LogP contribution in [0.25, 0.3) is 11.4 Å². The van der Waals surface area contributed by atoms with E-state index in [0.29, 0.717) is 34.7 Å². The van der Waals surface area contributed by atoms with Gasteiger partial charge in [0.25, 0.3) is 5.69 Å². The standard InChI is InChI=1S/C25H31N7O3/c1-17(2)15-31(16-18(3)4)21-11-10-19(12-22(21)32(34)35)14-26-29-24(33)13-23-27-25(30-28-23)20-8-6-5-7-9-20/h5-12,14,17-18H,13,15-16H2,1-4H3,(H,29,33)(H,27,28,30)/b26-14-. The van der Waals surface area contributed by atoms with E-state index in [1.54, 1.807) is 12.1 Å². The molecule has 0 saturated heterocycles. The number of nitro benzene ring substituents is 1. The molecular formula is C25H31N7O3. The average molecular weight is 478 g/mol. The number of benzene rings is 2. The number of hydrogen-bond acceptors (Lipinski definition) is 7. The number of amides is 1. The Morgan fingerprint density at radius 1 is 1.14 bits per heavy atom. The van der Waals surface area contributed by atoms with E-state index in [1.807, 2.05) is 30.3 Å². The number of rotatable bonds is 11. The lowest BCUT2D eigenvalue weighted by atomic mass is 10.1. The number of carbonyl (C=O) groups is 1. The number of hydrogen-bond donors (Lipinski definition) is 2. The molecule has 0 spiro atoms. The third kappa shape index (κ3) is 7.46. The molecule has 3 aromatic rings. The first-order valence-electron chi connectivity index (χ1n) is 11.5. The number of anilines is 1. The SMILES string of the molecule is CC(C)CN(CC(C)C)c1ccc(/C=N\NC(=O)Cc2nc(-c3ccccc3)n[nH]2)cc1[N+](=O)[O-]. The average Bonchev–Trinajstić information content (AvgIpc) is 3.27. The predicted molar refractivity (Wildman–Crippen MR) is 136 cm³/mol. The molecule has 0 aliphatic carbocycles. The summed E-state index contributed by atoms with van der Waals surface area (Å²) in [6.45, 7) is 9.79. The molecule has 184 valence electrons. The maximum atomic E-state index is 12.2. The molecule has 3 rings (SSSR count). The number of nitrogens with zero attached hydrogens (tertiary/aromatic N) is 5. The summed E-state index contributed by atoms with van der Waals surface area (Å²) >= 11 is 0. The zero-order valence-electron chi connectivity index (χ0n) is 20.4. The van der Waals surface area contributed by atoms with E-state index >= 15 is 0 Å². The van der Waals surface area contributed by atoms with Crippen LogP contribution in [0.5, 0.6) is 0 Å². The molecule has 2 N–H and O–H groups in total. The Bertz CT molecular complexity index is 1160. The van der Waals surface area contributed by atoms with Gasteiger partial charge in [0.05, 0.1) is 17.6 Å². The number of nitrogens with one attached hydrogen (secondary N) is 2. The minimum atomic E-state index is -0.386. The van der Waals surface area contributed by atoms with E-state index in [2.05, 4.69) is 58.3 Å². The number of carbonyl (C=O) groups excluding carboxylic acids is 1. The van der Waals surface area contributed by atoms with Gasteiger partial charge >= 0.3 is 0 Å². The largest absolute Gasteiger partial charge is 0.365 e. The molecule has 2 aromatic carbocycles. The Balaban J connectivity index is 1.66. The molecule has 0 atom stereocenters. The third-order valence-electron chi connectivity index (χ3n) is 5.00. The summed E-state index contributed by atoms with van der Waals surface area (Å²) in [5.41, 5.74) is 4.38. The van der Waals surface area contributed by atoms with Crippen LogP contribution in [-0.2, 0) is 11.2 Å². The fraction of sp³-hybridized carbons (Fsp3) is 0.360. The number of hydrazone groups is 1. The Morgan fingerprint density at radius 2 is 1.83 bits per heavy atom. The molecule has 0 fully saturated rings. The molecule has 0 unspecified atom stereocenters. The molecular weight excluding hydrogens is 446 g/mol. The molecule has 10 heteroatoms. The summed E-state index contributed by atoms with van der Waals surface area (Å²) in [4.78, 5) is 30.0. The first-order valence-corrected chi connectivity index (χ1v) is 11.5. The van der Waals surface area contributed by atoms with Crippen LogP contribution in [-0.4, -0.2) is 45.3 Å². The highest BCUT2D eigenvalue weighted by atomic mass is 16.6. The normalized spacial score (nSPS) is 11.4. The van der Waals surface area contributed by atoms with Crippen molar-refractivity contribution < 1.29 is 9.72 Å². The second kappa shape index (κ2) is 11.9. The van der Waals surface area contributed by atoms with Crippen LogP contribution in [0.1, 0.15) is 39.1 Å². The third-order valence-corrected chi connectivity index (χ3v) is 5.00. The van der Waals surface area contributed by atoms with E-state index in [0.717, 1.165) is 18.7 Å². The highest BCUT2D eigenvalue weighted by Gasteiger charge is 2.21. The van der Waals surface area contributed by atoms with Crippen molar-refractivity contribution in [3.05, 3.63) is 70.0 Å². The predicted octanol–water partition coefficient (Wildman–Crippen LogP) is 4.19. The summed E-state index contributed by atoms with van der Waals surface area (Å²) in [5, 5.41) is 22.6. The van der Waals surface area contributed by atoms with Crippen molar-refractivity contribution in [2.45, 2.75) is 34.1 Å². The van der Waals surface area contributed by atoms with E-state index in [4.69, 9.17) is 0 Å². The van der Waals surface area contributed by atoms with Crippen LogP contribution in [0, 0.1) is 22.0 Å². The number of aromatic nitrogens is 3. The van der Waals surface area contributed by atoms with Crippen molar-refractivity contribution in [2.24, 2.45) is 16.9 Å². The fourth-order valence-electron chi connectivity index (χ4n) is 3.65. The van der Waals surface area contributed by atoms with Gasteiger partial charge in [0.15, 0.2) is 5.82 Å². The van der Waals surface area contributed by atoms with Gasteiger partial charge in [-0.1, -0.05) is 64.1 Å². The van der Waals surface area contributed by atoms with Crippen LogP contribution >= 0.6 is 0 Å². The number of aromatic amines is 1. The molecule has 1 heterocycles. The summed E-state index contributed by atoms with van der Waals surface area (Å²) in [6, 6.07) is 14.4. The van der Waals surface area contributed by atoms with E-state index in [1.165, 1.54) is 12.3 Å². The van der Waals surface area contributed by atoms with Crippen LogP contribution in [0.3, 0.4) is 0 Å². The molecule has 0 bridgehead atoms. The van der Waals surface area contributed by atoms with Gasteiger partial charge in [-0.25, -0.2) is 10.4 Å². The van der Waals surface area contributed by atoms with Crippen LogP contribution < -0.4 is 10.3 Å². The lowest BCUT2D eigenvalue weighted by Crippen LogP contribution is -2.31. The van der Waals surface area contributed by atoms with E-state index in [9.17, 15) is 14.9 Å². The van der Waals surface area contributed by atoms with Crippen LogP contribution in [0.2, 0.25) is 0 Å². The summed E-state index contributed by atoms with van der Waals surface area (Å²) in [5.74, 6) is 1.25. The van der Waals surface area contributed by atoms with Gasteiger partial charge in [-0.2, -0.15) is 10.2 Å². The van der Waals surface area contributed by atoms with Crippen molar-refractivity contribution in [1.29, 1.82) is 0 Å². The van der Waals surface area contributed by atoms with Gasteiger partial charge in [0.1, 0.15) is 11.5 Å². The van der Waals surface area contributed by atoms with Gasteiger partial charge in [-0.05, 0) is 17.9 Å². The van der Waals surface area contributed by atoms with Crippen molar-refractivity contribution >= 4 is 23.5 Å². The molecule has 1 amide bonds. The Hall–Kier alpha value is -4.08. The first kappa shape index (κ1) is 25.5. The Kier molecular flexibility index (Phi) is 8.66. The minimum absolute atomic E-state index is 0.0108. The van der Waals surface area contributed by atoms with Gasteiger partial charge in [0, 0.05) is 30.3 Å².